The van der Waals surface area contributed by atoms with Crippen LogP contribution >= 0.6 is 0 Å². The van der Waals surface area contributed by atoms with Gasteiger partial charge in [-0.05, 0) is 30.5 Å². The Morgan fingerprint density at radius 3 is 2.64 bits per heavy atom. The van der Waals surface area contributed by atoms with Gasteiger partial charge >= 0.3 is 0 Å². The smallest absolute Gasteiger partial charge is 0.242 e. The maximum absolute atomic E-state index is 12.2. The second kappa shape index (κ2) is 6.25. The van der Waals surface area contributed by atoms with Crippen LogP contribution in [0.15, 0.2) is 18.2 Å². The normalized spacial score (nSPS) is 16.0. The fourth-order valence-corrected chi connectivity index (χ4v) is 2.77. The van der Waals surface area contributed by atoms with Gasteiger partial charge in [-0.25, -0.2) is 0 Å². The van der Waals surface area contributed by atoms with E-state index in [1.807, 2.05) is 23.1 Å². The summed E-state index contributed by atoms with van der Waals surface area (Å²) in [6.07, 6.45) is 2.10. The van der Waals surface area contributed by atoms with Gasteiger partial charge in [-0.3, -0.25) is 9.59 Å². The summed E-state index contributed by atoms with van der Waals surface area (Å²) in [5, 5.41) is 0. The molecule has 0 bridgehead atoms. The number of carbonyl (C=O) groups excluding carboxylic acids is 2. The molecule has 2 heterocycles. The Bertz CT molecular complexity index is 582. The van der Waals surface area contributed by atoms with Gasteiger partial charge in [-0.2, -0.15) is 0 Å². The third kappa shape index (κ3) is 3.16. The average Bonchev–Trinajstić information content (AvgIpc) is 3.17. The Balaban J connectivity index is 1.66. The van der Waals surface area contributed by atoms with E-state index in [4.69, 9.17) is 9.47 Å². The van der Waals surface area contributed by atoms with Crippen LogP contribution in [0.25, 0.3) is 0 Å². The molecule has 0 aliphatic carbocycles. The minimum Gasteiger partial charge on any atom is -0.454 e. The van der Waals surface area contributed by atoms with Crippen molar-refractivity contribution in [3.05, 3.63) is 23.8 Å². The molecule has 2 amide bonds. The van der Waals surface area contributed by atoms with Crippen LogP contribution in [0.5, 0.6) is 11.5 Å². The Morgan fingerprint density at radius 1 is 1.18 bits per heavy atom. The number of likely N-dealkylation sites (tertiary alicyclic amines) is 1. The Labute approximate surface area is 129 Å². The first-order chi connectivity index (χ1) is 10.6. The quantitative estimate of drug-likeness (QED) is 0.843. The molecule has 0 aromatic heterocycles. The van der Waals surface area contributed by atoms with Crippen LogP contribution in [-0.2, 0) is 16.1 Å². The molecular weight excluding hydrogens is 284 g/mol. The Kier molecular flexibility index (Phi) is 4.18. The summed E-state index contributed by atoms with van der Waals surface area (Å²) in [7, 11) is 0. The van der Waals surface area contributed by atoms with Crippen LogP contribution < -0.4 is 9.47 Å². The molecule has 3 rings (SSSR count). The van der Waals surface area contributed by atoms with E-state index in [2.05, 4.69) is 0 Å². The zero-order valence-electron chi connectivity index (χ0n) is 12.7. The maximum atomic E-state index is 12.2. The monoisotopic (exact) mass is 304 g/mol. The predicted octanol–water partition coefficient (Wildman–Crippen LogP) is 1.39. The number of amides is 2. The summed E-state index contributed by atoms with van der Waals surface area (Å²) in [5.41, 5.74) is 0.925. The number of ether oxygens (including phenoxy) is 2. The van der Waals surface area contributed by atoms with Crippen molar-refractivity contribution in [1.29, 1.82) is 0 Å². The third-order valence-corrected chi connectivity index (χ3v) is 4.04. The maximum Gasteiger partial charge on any atom is 0.242 e. The summed E-state index contributed by atoms with van der Waals surface area (Å²) >= 11 is 0. The SMILES string of the molecule is CC(=O)N(CC(=O)N1CCCC1)Cc1ccc2c(c1)OCO2. The average molecular weight is 304 g/mol. The number of nitrogens with zero attached hydrogens (tertiary/aromatic N) is 2. The van der Waals surface area contributed by atoms with Crippen molar-refractivity contribution in [3.8, 4) is 11.5 Å². The van der Waals surface area contributed by atoms with Crippen molar-refractivity contribution < 1.29 is 19.1 Å². The van der Waals surface area contributed by atoms with Gasteiger partial charge in [-0.1, -0.05) is 6.07 Å². The molecule has 0 saturated carbocycles. The molecule has 6 nitrogen and oxygen atoms in total. The van der Waals surface area contributed by atoms with Gasteiger partial charge in [-0.15, -0.1) is 0 Å². The lowest BCUT2D eigenvalue weighted by molar-refractivity contribution is -0.139. The number of benzene rings is 1. The van der Waals surface area contributed by atoms with Gasteiger partial charge < -0.3 is 19.3 Å². The van der Waals surface area contributed by atoms with E-state index in [9.17, 15) is 9.59 Å². The fourth-order valence-electron chi connectivity index (χ4n) is 2.77. The summed E-state index contributed by atoms with van der Waals surface area (Å²) in [6, 6.07) is 5.58. The molecule has 2 aliphatic rings. The number of hydrogen-bond donors (Lipinski definition) is 0. The Morgan fingerprint density at radius 2 is 1.91 bits per heavy atom. The lowest BCUT2D eigenvalue weighted by atomic mass is 10.2. The van der Waals surface area contributed by atoms with E-state index in [1.165, 1.54) is 6.92 Å². The van der Waals surface area contributed by atoms with E-state index >= 15 is 0 Å². The predicted molar refractivity (Wildman–Crippen MR) is 79.5 cm³/mol. The number of carbonyl (C=O) groups is 2. The van der Waals surface area contributed by atoms with Crippen LogP contribution in [0.3, 0.4) is 0 Å². The van der Waals surface area contributed by atoms with Crippen LogP contribution in [0.2, 0.25) is 0 Å². The summed E-state index contributed by atoms with van der Waals surface area (Å²) in [5.74, 6) is 1.32. The van der Waals surface area contributed by atoms with Crippen molar-refractivity contribution >= 4 is 11.8 Å². The molecule has 6 heteroatoms. The van der Waals surface area contributed by atoms with Crippen molar-refractivity contribution in [3.63, 3.8) is 0 Å². The molecule has 1 aromatic carbocycles. The number of rotatable bonds is 4. The molecule has 0 spiro atoms. The van der Waals surface area contributed by atoms with Crippen LogP contribution in [0.1, 0.15) is 25.3 Å². The molecule has 0 radical (unpaired) electrons. The molecule has 0 atom stereocenters. The lowest BCUT2D eigenvalue weighted by Gasteiger charge is -2.24. The number of fused-ring (bicyclic) bond motifs is 1. The highest BCUT2D eigenvalue weighted by molar-refractivity contribution is 5.84. The standard InChI is InChI=1S/C16H20N2O4/c1-12(19)18(10-16(20)17-6-2-3-7-17)9-13-4-5-14-15(8-13)22-11-21-14/h4-5,8H,2-3,6-7,9-11H2,1H3. The van der Waals surface area contributed by atoms with Crippen LogP contribution in [0, 0.1) is 0 Å². The second-order valence-electron chi connectivity index (χ2n) is 5.65. The Hall–Kier alpha value is -2.24. The molecule has 2 aliphatic heterocycles. The van der Waals surface area contributed by atoms with Crippen LogP contribution in [-0.4, -0.2) is 48.0 Å². The molecule has 118 valence electrons. The van der Waals surface area contributed by atoms with Gasteiger partial charge in [0.1, 0.15) is 6.54 Å². The number of hydrogen-bond acceptors (Lipinski definition) is 4. The van der Waals surface area contributed by atoms with E-state index in [1.54, 1.807) is 4.90 Å². The highest BCUT2D eigenvalue weighted by Gasteiger charge is 2.22. The minimum absolute atomic E-state index is 0.0217. The van der Waals surface area contributed by atoms with E-state index < -0.39 is 0 Å². The second-order valence-corrected chi connectivity index (χ2v) is 5.65. The third-order valence-electron chi connectivity index (χ3n) is 4.04. The fraction of sp³-hybridized carbons (Fsp3) is 0.500. The highest BCUT2D eigenvalue weighted by Crippen LogP contribution is 2.32. The molecule has 0 unspecified atom stereocenters. The first-order valence-electron chi connectivity index (χ1n) is 7.55. The molecule has 1 fully saturated rings. The van der Waals surface area contributed by atoms with Crippen molar-refractivity contribution in [2.24, 2.45) is 0 Å². The zero-order valence-corrected chi connectivity index (χ0v) is 12.7. The van der Waals surface area contributed by atoms with Crippen molar-refractivity contribution in [2.45, 2.75) is 26.3 Å². The van der Waals surface area contributed by atoms with E-state index in [-0.39, 0.29) is 25.2 Å². The first kappa shape index (κ1) is 14.7. The van der Waals surface area contributed by atoms with Gasteiger partial charge in [0.05, 0.1) is 0 Å². The molecule has 1 saturated heterocycles. The summed E-state index contributed by atoms with van der Waals surface area (Å²) < 4.78 is 10.6. The largest absolute Gasteiger partial charge is 0.454 e. The minimum atomic E-state index is -0.106. The molecule has 1 aromatic rings. The summed E-state index contributed by atoms with van der Waals surface area (Å²) in [6.45, 7) is 3.84. The van der Waals surface area contributed by atoms with Crippen molar-refractivity contribution in [2.75, 3.05) is 26.4 Å². The van der Waals surface area contributed by atoms with E-state index in [0.717, 1.165) is 31.5 Å². The van der Waals surface area contributed by atoms with Crippen molar-refractivity contribution in [1.82, 2.24) is 9.80 Å². The summed E-state index contributed by atoms with van der Waals surface area (Å²) in [4.78, 5) is 27.5. The molecule has 22 heavy (non-hydrogen) atoms. The zero-order chi connectivity index (χ0) is 15.5. The van der Waals surface area contributed by atoms with E-state index in [0.29, 0.717) is 18.0 Å². The first-order valence-corrected chi connectivity index (χ1v) is 7.55. The van der Waals surface area contributed by atoms with Gasteiger partial charge in [0.2, 0.25) is 18.6 Å². The molecule has 0 N–H and O–H groups in total. The van der Waals surface area contributed by atoms with Gasteiger partial charge in [0.15, 0.2) is 11.5 Å². The highest BCUT2D eigenvalue weighted by atomic mass is 16.7. The lowest BCUT2D eigenvalue weighted by Crippen LogP contribution is -2.40. The molecular formula is C16H20N2O4. The van der Waals surface area contributed by atoms with Crippen LogP contribution in [0.4, 0.5) is 0 Å². The topological polar surface area (TPSA) is 59.1 Å². The van der Waals surface area contributed by atoms with Gasteiger partial charge in [0, 0.05) is 26.6 Å². The van der Waals surface area contributed by atoms with Gasteiger partial charge in [0.25, 0.3) is 0 Å².